The summed E-state index contributed by atoms with van der Waals surface area (Å²) in [4.78, 5) is 4.25. The Morgan fingerprint density at radius 1 is 1.11 bits per heavy atom. The predicted octanol–water partition coefficient (Wildman–Crippen LogP) is 3.13. The van der Waals surface area contributed by atoms with Crippen molar-refractivity contribution in [3.63, 3.8) is 0 Å². The second-order valence-corrected chi connectivity index (χ2v) is 5.92. The van der Waals surface area contributed by atoms with E-state index in [0.717, 1.165) is 16.8 Å². The fraction of sp³-hybridized carbons (Fsp3) is 0.533. The van der Waals surface area contributed by atoms with Crippen molar-refractivity contribution in [2.45, 2.75) is 45.8 Å². The average Bonchev–Trinajstić information content (AvgIpc) is 2.57. The highest BCUT2D eigenvalue weighted by atomic mass is 16.7. The third-order valence-electron chi connectivity index (χ3n) is 4.13. The lowest BCUT2D eigenvalue weighted by Gasteiger charge is -2.32. The molecule has 19 heavy (non-hydrogen) atoms. The minimum absolute atomic E-state index is 0.304. The van der Waals surface area contributed by atoms with E-state index in [1.807, 2.05) is 19.1 Å². The molecule has 2 rings (SSSR count). The van der Waals surface area contributed by atoms with E-state index in [4.69, 9.17) is 9.31 Å². The SMILES string of the molecule is C/C=C1/C=C(B2OC(C)(C)C(C)(C)O2)C=CC1=NC. The summed E-state index contributed by atoms with van der Waals surface area (Å²) in [5, 5.41) is 0. The van der Waals surface area contributed by atoms with Crippen LogP contribution in [0, 0.1) is 0 Å². The summed E-state index contributed by atoms with van der Waals surface area (Å²) in [6.07, 6.45) is 8.18. The summed E-state index contributed by atoms with van der Waals surface area (Å²) in [6.45, 7) is 10.3. The van der Waals surface area contributed by atoms with Gasteiger partial charge in [0.1, 0.15) is 0 Å². The summed E-state index contributed by atoms with van der Waals surface area (Å²) in [5.41, 5.74) is 2.53. The molecule has 1 aliphatic carbocycles. The molecular weight excluding hydrogens is 237 g/mol. The van der Waals surface area contributed by atoms with Gasteiger partial charge in [0, 0.05) is 7.05 Å². The Kier molecular flexibility index (Phi) is 3.58. The molecule has 3 nitrogen and oxygen atoms in total. The molecule has 0 bridgehead atoms. The Morgan fingerprint density at radius 2 is 1.68 bits per heavy atom. The fourth-order valence-corrected chi connectivity index (χ4v) is 2.13. The van der Waals surface area contributed by atoms with Crippen LogP contribution in [0.3, 0.4) is 0 Å². The van der Waals surface area contributed by atoms with Gasteiger partial charge >= 0.3 is 7.12 Å². The molecule has 1 heterocycles. The minimum atomic E-state index is -0.311. The summed E-state index contributed by atoms with van der Waals surface area (Å²) >= 11 is 0. The van der Waals surface area contributed by atoms with E-state index in [9.17, 15) is 0 Å². The van der Waals surface area contributed by atoms with Crippen LogP contribution in [0.25, 0.3) is 0 Å². The Labute approximate surface area is 116 Å². The van der Waals surface area contributed by atoms with Gasteiger partial charge in [-0.25, -0.2) is 0 Å². The Bertz CT molecular complexity index is 482. The zero-order valence-electron chi connectivity index (χ0n) is 12.7. The van der Waals surface area contributed by atoms with Gasteiger partial charge in [0.05, 0.1) is 16.9 Å². The van der Waals surface area contributed by atoms with Gasteiger partial charge in [-0.05, 0) is 51.7 Å². The number of nitrogens with zero attached hydrogens (tertiary/aromatic N) is 1. The van der Waals surface area contributed by atoms with Crippen molar-refractivity contribution < 1.29 is 9.31 Å². The van der Waals surface area contributed by atoms with Crippen LogP contribution in [0.1, 0.15) is 34.6 Å². The van der Waals surface area contributed by atoms with E-state index in [0.29, 0.717) is 0 Å². The molecule has 1 saturated heterocycles. The highest BCUT2D eigenvalue weighted by Gasteiger charge is 2.52. The smallest absolute Gasteiger partial charge is 0.399 e. The highest BCUT2D eigenvalue weighted by molar-refractivity contribution is 6.56. The lowest BCUT2D eigenvalue weighted by Crippen LogP contribution is -2.41. The van der Waals surface area contributed by atoms with Crippen molar-refractivity contribution in [2.24, 2.45) is 4.99 Å². The third kappa shape index (κ3) is 2.47. The maximum atomic E-state index is 6.06. The van der Waals surface area contributed by atoms with E-state index in [1.165, 1.54) is 0 Å². The van der Waals surface area contributed by atoms with Gasteiger partial charge in [0.15, 0.2) is 0 Å². The van der Waals surface area contributed by atoms with Crippen molar-refractivity contribution >= 4 is 12.8 Å². The molecule has 1 aliphatic heterocycles. The van der Waals surface area contributed by atoms with Gasteiger partial charge in [-0.3, -0.25) is 4.99 Å². The molecule has 0 atom stereocenters. The molecular formula is C15H22BNO2. The van der Waals surface area contributed by atoms with Crippen molar-refractivity contribution in [1.82, 2.24) is 0 Å². The summed E-state index contributed by atoms with van der Waals surface area (Å²) in [5.74, 6) is 0. The molecule has 0 N–H and O–H groups in total. The normalized spacial score (nSPS) is 29.2. The number of hydrogen-bond donors (Lipinski definition) is 0. The van der Waals surface area contributed by atoms with Crippen LogP contribution in [0.5, 0.6) is 0 Å². The van der Waals surface area contributed by atoms with Crippen LogP contribution < -0.4 is 0 Å². The van der Waals surface area contributed by atoms with Gasteiger partial charge in [0.25, 0.3) is 0 Å². The Hall–Kier alpha value is -1.13. The van der Waals surface area contributed by atoms with Crippen LogP contribution in [0.2, 0.25) is 0 Å². The lowest BCUT2D eigenvalue weighted by atomic mass is 9.74. The molecule has 0 unspecified atom stereocenters. The summed E-state index contributed by atoms with van der Waals surface area (Å²) in [6, 6.07) is 0. The molecule has 2 aliphatic rings. The van der Waals surface area contributed by atoms with Crippen LogP contribution in [-0.2, 0) is 9.31 Å². The van der Waals surface area contributed by atoms with Crippen LogP contribution in [0.15, 0.2) is 40.3 Å². The number of allylic oxidation sites excluding steroid dienone is 6. The average molecular weight is 259 g/mol. The Balaban J connectivity index is 2.27. The standard InChI is InChI=1S/C15H22BNO2/c1-7-11-10-12(8-9-13(11)17-6)16-18-14(2,3)15(4,5)19-16/h7-10H,1-6H3/b11-7-,17-13?. The predicted molar refractivity (Wildman–Crippen MR) is 80.4 cm³/mol. The van der Waals surface area contributed by atoms with Crippen molar-refractivity contribution in [2.75, 3.05) is 7.05 Å². The minimum Gasteiger partial charge on any atom is -0.399 e. The molecule has 1 fully saturated rings. The second-order valence-electron chi connectivity index (χ2n) is 5.92. The summed E-state index contributed by atoms with van der Waals surface area (Å²) in [7, 11) is 1.49. The van der Waals surface area contributed by atoms with Gasteiger partial charge in [0.2, 0.25) is 0 Å². The first-order chi connectivity index (χ1) is 8.80. The van der Waals surface area contributed by atoms with E-state index >= 15 is 0 Å². The van der Waals surface area contributed by atoms with E-state index in [-0.39, 0.29) is 18.3 Å². The largest absolute Gasteiger partial charge is 0.494 e. The van der Waals surface area contributed by atoms with Crippen molar-refractivity contribution in [1.29, 1.82) is 0 Å². The van der Waals surface area contributed by atoms with Gasteiger partial charge in [-0.2, -0.15) is 0 Å². The van der Waals surface area contributed by atoms with E-state index in [1.54, 1.807) is 7.05 Å². The Morgan fingerprint density at radius 3 is 2.16 bits per heavy atom. The first kappa shape index (κ1) is 14.3. The molecule has 0 saturated carbocycles. The van der Waals surface area contributed by atoms with Crippen LogP contribution >= 0.6 is 0 Å². The second kappa shape index (κ2) is 4.76. The third-order valence-corrected chi connectivity index (χ3v) is 4.13. The molecule has 102 valence electrons. The van der Waals surface area contributed by atoms with E-state index < -0.39 is 0 Å². The van der Waals surface area contributed by atoms with Crippen LogP contribution in [-0.4, -0.2) is 31.1 Å². The van der Waals surface area contributed by atoms with Gasteiger partial charge < -0.3 is 9.31 Å². The number of aliphatic imine (C=N–C) groups is 1. The maximum Gasteiger partial charge on any atom is 0.494 e. The topological polar surface area (TPSA) is 30.8 Å². The lowest BCUT2D eigenvalue weighted by molar-refractivity contribution is 0.00578. The highest BCUT2D eigenvalue weighted by Crippen LogP contribution is 2.39. The zero-order valence-corrected chi connectivity index (χ0v) is 12.7. The monoisotopic (exact) mass is 259 g/mol. The van der Waals surface area contributed by atoms with Gasteiger partial charge in [-0.1, -0.05) is 18.2 Å². The van der Waals surface area contributed by atoms with Crippen molar-refractivity contribution in [3.8, 4) is 0 Å². The summed E-state index contributed by atoms with van der Waals surface area (Å²) < 4.78 is 12.1. The fourth-order valence-electron chi connectivity index (χ4n) is 2.13. The van der Waals surface area contributed by atoms with Crippen LogP contribution in [0.4, 0.5) is 0 Å². The molecule has 0 aromatic carbocycles. The first-order valence-electron chi connectivity index (χ1n) is 6.69. The van der Waals surface area contributed by atoms with Crippen molar-refractivity contribution in [3.05, 3.63) is 35.3 Å². The maximum absolute atomic E-state index is 6.06. The molecule has 0 radical (unpaired) electrons. The molecule has 0 amide bonds. The molecule has 0 spiro atoms. The number of hydrogen-bond acceptors (Lipinski definition) is 3. The molecule has 0 aromatic heterocycles. The number of rotatable bonds is 1. The molecule has 4 heteroatoms. The zero-order chi connectivity index (χ0) is 14.3. The molecule has 0 aromatic rings. The quantitative estimate of drug-likeness (QED) is 0.677. The van der Waals surface area contributed by atoms with Gasteiger partial charge in [-0.15, -0.1) is 0 Å². The first-order valence-corrected chi connectivity index (χ1v) is 6.69. The van der Waals surface area contributed by atoms with E-state index in [2.05, 4.69) is 44.8 Å².